The van der Waals surface area contributed by atoms with E-state index in [0.717, 1.165) is 29.7 Å². The second kappa shape index (κ2) is 5.76. The van der Waals surface area contributed by atoms with Gasteiger partial charge < -0.3 is 11.1 Å². The van der Waals surface area contributed by atoms with E-state index >= 15 is 0 Å². The van der Waals surface area contributed by atoms with Crippen molar-refractivity contribution in [3.05, 3.63) is 29.3 Å². The van der Waals surface area contributed by atoms with Gasteiger partial charge in [0.2, 0.25) is 0 Å². The fraction of sp³-hybridized carbons (Fsp3) is 0.500. The van der Waals surface area contributed by atoms with Gasteiger partial charge in [0.15, 0.2) is 0 Å². The molecule has 0 spiro atoms. The average molecular weight is 264 g/mol. The van der Waals surface area contributed by atoms with Crippen LogP contribution in [0.3, 0.4) is 0 Å². The Morgan fingerprint density at radius 2 is 2.11 bits per heavy atom. The van der Waals surface area contributed by atoms with Crippen molar-refractivity contribution in [2.24, 2.45) is 5.73 Å². The van der Waals surface area contributed by atoms with Gasteiger partial charge in [0.05, 0.1) is 0 Å². The van der Waals surface area contributed by atoms with Gasteiger partial charge in [-0.1, -0.05) is 18.9 Å². The van der Waals surface area contributed by atoms with Gasteiger partial charge in [-0.3, -0.25) is 4.79 Å². The molecule has 1 aromatic rings. The first-order chi connectivity index (χ1) is 8.58. The zero-order chi connectivity index (χ0) is 13.1. The number of thiol groups is 1. The third-order valence-electron chi connectivity index (χ3n) is 3.60. The molecular formula is C14H20N2OS. The minimum atomic E-state index is -0.0363. The number of rotatable bonds is 2. The Morgan fingerprint density at radius 3 is 2.83 bits per heavy atom. The van der Waals surface area contributed by atoms with E-state index in [0.29, 0.717) is 5.56 Å². The first kappa shape index (κ1) is 13.4. The monoisotopic (exact) mass is 264 g/mol. The molecule has 2 rings (SSSR count). The van der Waals surface area contributed by atoms with Gasteiger partial charge in [-0.15, -0.1) is 12.6 Å². The number of benzene rings is 1. The Balaban J connectivity index is 2.09. The van der Waals surface area contributed by atoms with Gasteiger partial charge in [0, 0.05) is 22.5 Å². The number of nitrogens with one attached hydrogen (secondary N) is 1. The Bertz CT molecular complexity index is 447. The maximum atomic E-state index is 12.2. The van der Waals surface area contributed by atoms with Gasteiger partial charge in [0.1, 0.15) is 0 Å². The van der Waals surface area contributed by atoms with Crippen molar-refractivity contribution < 1.29 is 4.79 Å². The highest BCUT2D eigenvalue weighted by atomic mass is 32.1. The third-order valence-corrected chi connectivity index (χ3v) is 3.88. The average Bonchev–Trinajstić information content (AvgIpc) is 2.35. The summed E-state index contributed by atoms with van der Waals surface area (Å²) in [6, 6.07) is 5.80. The highest BCUT2D eigenvalue weighted by molar-refractivity contribution is 7.80. The number of amides is 1. The Labute approximate surface area is 114 Å². The highest BCUT2D eigenvalue weighted by Crippen LogP contribution is 2.19. The molecule has 1 amide bonds. The Kier molecular flexibility index (Phi) is 4.30. The van der Waals surface area contributed by atoms with Crippen molar-refractivity contribution >= 4 is 18.5 Å². The quantitative estimate of drug-likeness (QED) is 0.718. The van der Waals surface area contributed by atoms with Crippen molar-refractivity contribution in [1.82, 2.24) is 5.32 Å². The van der Waals surface area contributed by atoms with Gasteiger partial charge in [-0.2, -0.15) is 0 Å². The Hall–Kier alpha value is -1.00. The van der Waals surface area contributed by atoms with E-state index in [1.807, 2.05) is 25.1 Å². The predicted molar refractivity (Wildman–Crippen MR) is 76.1 cm³/mol. The normalized spacial score (nSPS) is 23.7. The van der Waals surface area contributed by atoms with Crippen molar-refractivity contribution in [3.8, 4) is 0 Å². The number of aryl methyl sites for hydroxylation is 1. The second-order valence-corrected chi connectivity index (χ2v) is 5.54. The molecule has 0 saturated heterocycles. The van der Waals surface area contributed by atoms with Crippen molar-refractivity contribution in [1.29, 1.82) is 0 Å². The second-order valence-electron chi connectivity index (χ2n) is 5.03. The van der Waals surface area contributed by atoms with E-state index < -0.39 is 0 Å². The molecule has 0 radical (unpaired) electrons. The largest absolute Gasteiger partial charge is 0.348 e. The first-order valence-corrected chi connectivity index (χ1v) is 6.88. The molecule has 2 atom stereocenters. The summed E-state index contributed by atoms with van der Waals surface area (Å²) in [5.74, 6) is -0.0363. The zero-order valence-corrected chi connectivity index (χ0v) is 11.5. The summed E-state index contributed by atoms with van der Waals surface area (Å²) >= 11 is 4.27. The summed E-state index contributed by atoms with van der Waals surface area (Å²) in [6.45, 7) is 1.93. The lowest BCUT2D eigenvalue weighted by Crippen LogP contribution is -2.49. The topological polar surface area (TPSA) is 55.1 Å². The predicted octanol–water partition coefficient (Wildman–Crippen LogP) is 2.28. The highest BCUT2D eigenvalue weighted by Gasteiger charge is 2.24. The minimum absolute atomic E-state index is 0.0363. The molecule has 2 unspecified atom stereocenters. The van der Waals surface area contributed by atoms with Crippen molar-refractivity contribution in [2.75, 3.05) is 0 Å². The fourth-order valence-corrected chi connectivity index (χ4v) is 2.64. The van der Waals surface area contributed by atoms with Crippen LogP contribution in [0.15, 0.2) is 23.1 Å². The van der Waals surface area contributed by atoms with E-state index in [4.69, 9.17) is 5.73 Å². The summed E-state index contributed by atoms with van der Waals surface area (Å²) in [5.41, 5.74) is 7.71. The molecule has 3 nitrogen and oxygen atoms in total. The number of carbonyl (C=O) groups is 1. The maximum absolute atomic E-state index is 12.2. The SMILES string of the molecule is Cc1ccc(S)cc1C(=O)NC1CCCCC1N. The summed E-state index contributed by atoms with van der Waals surface area (Å²) in [4.78, 5) is 13.0. The van der Waals surface area contributed by atoms with Crippen LogP contribution in [0.1, 0.15) is 41.6 Å². The number of nitrogens with two attached hydrogens (primary N) is 1. The van der Waals surface area contributed by atoms with E-state index in [9.17, 15) is 4.79 Å². The van der Waals surface area contributed by atoms with Crippen LogP contribution >= 0.6 is 12.6 Å². The van der Waals surface area contributed by atoms with Crippen LogP contribution in [0, 0.1) is 6.92 Å². The van der Waals surface area contributed by atoms with Crippen LogP contribution in [0.4, 0.5) is 0 Å². The van der Waals surface area contributed by atoms with Crippen molar-refractivity contribution in [3.63, 3.8) is 0 Å². The molecule has 0 heterocycles. The summed E-state index contributed by atoms with van der Waals surface area (Å²) < 4.78 is 0. The summed E-state index contributed by atoms with van der Waals surface area (Å²) in [5, 5.41) is 3.06. The molecule has 18 heavy (non-hydrogen) atoms. The molecule has 1 fully saturated rings. The summed E-state index contributed by atoms with van der Waals surface area (Å²) in [7, 11) is 0. The van der Waals surface area contributed by atoms with Gasteiger partial charge in [-0.25, -0.2) is 0 Å². The van der Waals surface area contributed by atoms with E-state index in [-0.39, 0.29) is 18.0 Å². The summed E-state index contributed by atoms with van der Waals surface area (Å²) in [6.07, 6.45) is 4.28. The van der Waals surface area contributed by atoms with E-state index in [1.54, 1.807) is 0 Å². The Morgan fingerprint density at radius 1 is 1.39 bits per heavy atom. The molecule has 0 bridgehead atoms. The first-order valence-electron chi connectivity index (χ1n) is 6.44. The van der Waals surface area contributed by atoms with Crippen LogP contribution in [-0.2, 0) is 0 Å². The molecule has 4 heteroatoms. The standard InChI is InChI=1S/C14H20N2OS/c1-9-6-7-10(18)8-11(9)14(17)16-13-5-3-2-4-12(13)15/h6-8,12-13,18H,2-5,15H2,1H3,(H,16,17). The molecule has 1 saturated carbocycles. The molecule has 1 aromatic carbocycles. The van der Waals surface area contributed by atoms with Crippen LogP contribution in [0.5, 0.6) is 0 Å². The van der Waals surface area contributed by atoms with Gasteiger partial charge in [-0.05, 0) is 37.5 Å². The van der Waals surface area contributed by atoms with Crippen molar-refractivity contribution in [2.45, 2.75) is 49.6 Å². The van der Waals surface area contributed by atoms with Crippen LogP contribution < -0.4 is 11.1 Å². The van der Waals surface area contributed by atoms with Gasteiger partial charge >= 0.3 is 0 Å². The molecule has 1 aliphatic rings. The lowest BCUT2D eigenvalue weighted by molar-refractivity contribution is 0.0920. The van der Waals surface area contributed by atoms with Gasteiger partial charge in [0.25, 0.3) is 5.91 Å². The minimum Gasteiger partial charge on any atom is -0.348 e. The number of hydrogen-bond donors (Lipinski definition) is 3. The molecule has 0 aliphatic heterocycles. The molecule has 1 aliphatic carbocycles. The molecule has 0 aromatic heterocycles. The zero-order valence-electron chi connectivity index (χ0n) is 10.6. The van der Waals surface area contributed by atoms with Crippen LogP contribution in [-0.4, -0.2) is 18.0 Å². The molecular weight excluding hydrogens is 244 g/mol. The van der Waals surface area contributed by atoms with E-state index in [2.05, 4.69) is 17.9 Å². The molecule has 98 valence electrons. The lowest BCUT2D eigenvalue weighted by Gasteiger charge is -2.29. The molecule has 3 N–H and O–H groups in total. The lowest BCUT2D eigenvalue weighted by atomic mass is 9.90. The van der Waals surface area contributed by atoms with E-state index in [1.165, 1.54) is 6.42 Å². The smallest absolute Gasteiger partial charge is 0.251 e. The fourth-order valence-electron chi connectivity index (χ4n) is 2.44. The number of carbonyl (C=O) groups excluding carboxylic acids is 1. The third kappa shape index (κ3) is 3.06. The van der Waals surface area contributed by atoms with Crippen LogP contribution in [0.2, 0.25) is 0 Å². The van der Waals surface area contributed by atoms with Crippen LogP contribution in [0.25, 0.3) is 0 Å². The number of hydrogen-bond acceptors (Lipinski definition) is 3. The maximum Gasteiger partial charge on any atom is 0.251 e.